The molecule has 1 N–H and O–H groups in total. The first-order valence-electron chi connectivity index (χ1n) is 12.8. The molecule has 0 aliphatic heterocycles. The van der Waals surface area contributed by atoms with Crippen molar-refractivity contribution in [3.63, 3.8) is 0 Å². The maximum atomic E-state index is 14.1. The van der Waals surface area contributed by atoms with Crippen molar-refractivity contribution in [1.29, 1.82) is 0 Å². The van der Waals surface area contributed by atoms with Crippen LogP contribution in [-0.4, -0.2) is 49.5 Å². The van der Waals surface area contributed by atoms with Gasteiger partial charge in [-0.2, -0.15) is 0 Å². The third kappa shape index (κ3) is 8.98. The van der Waals surface area contributed by atoms with Gasteiger partial charge in [-0.25, -0.2) is 8.42 Å². The maximum absolute atomic E-state index is 14.1. The van der Waals surface area contributed by atoms with Crippen molar-refractivity contribution < 1.29 is 18.0 Å². The van der Waals surface area contributed by atoms with Gasteiger partial charge in [0.15, 0.2) is 0 Å². The molecule has 1 atom stereocenters. The van der Waals surface area contributed by atoms with Crippen LogP contribution >= 0.6 is 23.2 Å². The minimum Gasteiger partial charge on any atom is -0.350 e. The highest BCUT2D eigenvalue weighted by molar-refractivity contribution is 7.92. The van der Waals surface area contributed by atoms with Crippen molar-refractivity contribution in [2.24, 2.45) is 0 Å². The Hall–Kier alpha value is -3.07. The molecule has 0 aliphatic carbocycles. The van der Waals surface area contributed by atoms with Crippen molar-refractivity contribution in [3.05, 3.63) is 99.5 Å². The average molecular weight is 605 g/mol. The van der Waals surface area contributed by atoms with Crippen LogP contribution in [0.5, 0.6) is 0 Å². The highest BCUT2D eigenvalue weighted by Crippen LogP contribution is 2.25. The second-order valence-electron chi connectivity index (χ2n) is 10.8. The summed E-state index contributed by atoms with van der Waals surface area (Å²) in [5.41, 5.74) is 2.14. The highest BCUT2D eigenvalue weighted by atomic mass is 35.5. The number of carbonyl (C=O) groups is 2. The number of carbonyl (C=O) groups excluding carboxylic acids is 2. The summed E-state index contributed by atoms with van der Waals surface area (Å²) in [6, 6.07) is 20.2. The van der Waals surface area contributed by atoms with Gasteiger partial charge in [0, 0.05) is 28.5 Å². The predicted molar refractivity (Wildman–Crippen MR) is 162 cm³/mol. The molecule has 0 saturated heterocycles. The van der Waals surface area contributed by atoms with Gasteiger partial charge in [-0.1, -0.05) is 77.3 Å². The van der Waals surface area contributed by atoms with Gasteiger partial charge in [-0.05, 0) is 63.1 Å². The number of sulfonamides is 1. The third-order valence-corrected chi connectivity index (χ3v) is 7.85. The summed E-state index contributed by atoms with van der Waals surface area (Å²) < 4.78 is 26.7. The van der Waals surface area contributed by atoms with E-state index in [1.807, 2.05) is 58.0 Å². The summed E-state index contributed by atoms with van der Waals surface area (Å²) in [5.74, 6) is -0.918. The summed E-state index contributed by atoms with van der Waals surface area (Å²) in [5, 5.41) is 3.75. The lowest BCUT2D eigenvalue weighted by Gasteiger charge is -2.35. The number of aryl methyl sites for hydroxylation is 1. The van der Waals surface area contributed by atoms with Crippen LogP contribution in [0.1, 0.15) is 37.5 Å². The summed E-state index contributed by atoms with van der Waals surface area (Å²) in [6.07, 6.45) is 1.26. The van der Waals surface area contributed by atoms with Gasteiger partial charge in [-0.3, -0.25) is 13.9 Å². The molecule has 0 heterocycles. The minimum absolute atomic E-state index is 0.0323. The Kier molecular flexibility index (Phi) is 10.3. The van der Waals surface area contributed by atoms with Crippen LogP contribution in [0.2, 0.25) is 10.0 Å². The van der Waals surface area contributed by atoms with E-state index >= 15 is 0 Å². The predicted octanol–water partition coefficient (Wildman–Crippen LogP) is 5.62. The number of nitrogens with one attached hydrogen (secondary N) is 1. The molecule has 2 amide bonds. The van der Waals surface area contributed by atoms with Crippen molar-refractivity contribution in [2.75, 3.05) is 17.1 Å². The smallest absolute Gasteiger partial charge is 0.244 e. The summed E-state index contributed by atoms with van der Waals surface area (Å²) >= 11 is 12.6. The number of hydrogen-bond acceptors (Lipinski definition) is 4. The Labute approximate surface area is 247 Å². The van der Waals surface area contributed by atoms with Crippen molar-refractivity contribution in [1.82, 2.24) is 10.2 Å². The molecular weight excluding hydrogens is 569 g/mol. The van der Waals surface area contributed by atoms with Gasteiger partial charge in [0.05, 0.1) is 11.9 Å². The second kappa shape index (κ2) is 13.1. The van der Waals surface area contributed by atoms with Crippen LogP contribution in [-0.2, 0) is 32.6 Å². The van der Waals surface area contributed by atoms with E-state index in [-0.39, 0.29) is 18.9 Å². The topological polar surface area (TPSA) is 86.8 Å². The van der Waals surface area contributed by atoms with Gasteiger partial charge >= 0.3 is 0 Å². The maximum Gasteiger partial charge on any atom is 0.244 e. The van der Waals surface area contributed by atoms with E-state index in [1.54, 1.807) is 42.5 Å². The first-order valence-corrected chi connectivity index (χ1v) is 15.4. The number of halogens is 2. The molecule has 0 aliphatic rings. The Balaban J connectivity index is 2.09. The van der Waals surface area contributed by atoms with Crippen LogP contribution in [0.15, 0.2) is 72.8 Å². The first-order chi connectivity index (χ1) is 18.6. The van der Waals surface area contributed by atoms with Gasteiger partial charge in [0.2, 0.25) is 21.8 Å². The van der Waals surface area contributed by atoms with Crippen LogP contribution in [0.4, 0.5) is 5.69 Å². The standard InChI is InChI=1S/C30H35Cl2N3O4S/c1-21-11-15-25(16-12-21)35(40(5,38)39)20-28(36)34(19-23-13-14-24(31)18-26(23)32)27(29(37)33-30(2,3)4)17-22-9-7-6-8-10-22/h6-16,18,27H,17,19-20H2,1-5H3,(H,33,37)/t27-/m1/s1. The normalized spacial score (nSPS) is 12.5. The van der Waals surface area contributed by atoms with Crippen molar-refractivity contribution >= 4 is 50.7 Å². The van der Waals surface area contributed by atoms with E-state index < -0.39 is 34.1 Å². The van der Waals surface area contributed by atoms with Crippen LogP contribution < -0.4 is 9.62 Å². The Morgan fingerprint density at radius 2 is 1.57 bits per heavy atom. The molecule has 7 nitrogen and oxygen atoms in total. The number of amides is 2. The fourth-order valence-corrected chi connectivity index (χ4v) is 5.48. The molecule has 3 aromatic carbocycles. The SMILES string of the molecule is Cc1ccc(N(CC(=O)N(Cc2ccc(Cl)cc2Cl)[C@H](Cc2ccccc2)C(=O)NC(C)(C)C)S(C)(=O)=O)cc1. The molecule has 40 heavy (non-hydrogen) atoms. The van der Waals surface area contributed by atoms with E-state index in [1.165, 1.54) is 4.90 Å². The molecule has 0 aromatic heterocycles. The minimum atomic E-state index is -3.84. The number of hydrogen-bond donors (Lipinski definition) is 1. The lowest BCUT2D eigenvalue weighted by molar-refractivity contribution is -0.140. The highest BCUT2D eigenvalue weighted by Gasteiger charge is 2.34. The Bertz CT molecular complexity index is 1440. The van der Waals surface area contributed by atoms with Crippen LogP contribution in [0.25, 0.3) is 0 Å². The zero-order valence-electron chi connectivity index (χ0n) is 23.3. The summed E-state index contributed by atoms with van der Waals surface area (Å²) in [7, 11) is -3.84. The first kappa shape index (κ1) is 31.5. The van der Waals surface area contributed by atoms with Crippen molar-refractivity contribution in [3.8, 4) is 0 Å². The van der Waals surface area contributed by atoms with Crippen LogP contribution in [0.3, 0.4) is 0 Å². The quantitative estimate of drug-likeness (QED) is 0.326. The average Bonchev–Trinajstić information content (AvgIpc) is 2.85. The molecule has 0 bridgehead atoms. The third-order valence-electron chi connectivity index (χ3n) is 6.13. The van der Waals surface area contributed by atoms with Gasteiger partial charge in [0.1, 0.15) is 12.6 Å². The molecule has 0 radical (unpaired) electrons. The number of nitrogens with zero attached hydrogens (tertiary/aromatic N) is 2. The number of benzene rings is 3. The second-order valence-corrected chi connectivity index (χ2v) is 13.6. The monoisotopic (exact) mass is 603 g/mol. The summed E-state index contributed by atoms with van der Waals surface area (Å²) in [4.78, 5) is 29.2. The molecule has 0 fully saturated rings. The van der Waals surface area contributed by atoms with E-state index in [4.69, 9.17) is 23.2 Å². The lowest BCUT2D eigenvalue weighted by atomic mass is 10.0. The van der Waals surface area contributed by atoms with E-state index in [0.29, 0.717) is 21.3 Å². The van der Waals surface area contributed by atoms with E-state index in [0.717, 1.165) is 21.7 Å². The molecule has 0 spiro atoms. The molecule has 10 heteroatoms. The molecule has 3 aromatic rings. The van der Waals surface area contributed by atoms with E-state index in [2.05, 4.69) is 5.32 Å². The zero-order chi connectivity index (χ0) is 29.7. The Morgan fingerprint density at radius 1 is 0.950 bits per heavy atom. The molecule has 214 valence electrons. The Morgan fingerprint density at radius 3 is 2.12 bits per heavy atom. The number of anilines is 1. The lowest BCUT2D eigenvalue weighted by Crippen LogP contribution is -2.56. The molecule has 3 rings (SSSR count). The zero-order valence-corrected chi connectivity index (χ0v) is 25.6. The van der Waals surface area contributed by atoms with Crippen LogP contribution in [0, 0.1) is 6.92 Å². The fourth-order valence-electron chi connectivity index (χ4n) is 4.17. The largest absolute Gasteiger partial charge is 0.350 e. The molecular formula is C30H35Cl2N3O4S. The number of rotatable bonds is 10. The van der Waals surface area contributed by atoms with Gasteiger partial charge < -0.3 is 10.2 Å². The van der Waals surface area contributed by atoms with E-state index in [9.17, 15) is 18.0 Å². The summed E-state index contributed by atoms with van der Waals surface area (Å²) in [6.45, 7) is 6.93. The molecule has 0 unspecified atom stereocenters. The molecule has 0 saturated carbocycles. The van der Waals surface area contributed by atoms with Gasteiger partial charge in [-0.15, -0.1) is 0 Å². The van der Waals surface area contributed by atoms with Gasteiger partial charge in [0.25, 0.3) is 0 Å². The fraction of sp³-hybridized carbons (Fsp3) is 0.333. The van der Waals surface area contributed by atoms with Crippen molar-refractivity contribution in [2.45, 2.75) is 52.2 Å².